The molecule has 0 spiro atoms. The maximum Gasteiger partial charge on any atom is 0.247 e. The molecule has 1 aliphatic rings. The molecule has 5 rings (SSSR count). The Bertz CT molecular complexity index is 1630. The number of benzene rings is 2. The van der Waals surface area contributed by atoms with Crippen LogP contribution in [-0.2, 0) is 4.79 Å². The van der Waals surface area contributed by atoms with Crippen LogP contribution in [0.1, 0.15) is 0 Å². The average molecular weight is 548 g/mol. The summed E-state index contributed by atoms with van der Waals surface area (Å²) in [5, 5.41) is 14.7. The van der Waals surface area contributed by atoms with Crippen LogP contribution in [0.4, 0.5) is 31.8 Å². The second-order valence-corrected chi connectivity index (χ2v) is 9.21. The van der Waals surface area contributed by atoms with Gasteiger partial charge in [0.15, 0.2) is 11.1 Å². The number of β-amino-alcohol motifs (C(OH)–C–C–N with tert-alkyl or cyclic N) is 1. The molecule has 0 unspecified atom stereocenters. The van der Waals surface area contributed by atoms with Gasteiger partial charge in [0.25, 0.3) is 0 Å². The van der Waals surface area contributed by atoms with E-state index in [0.29, 0.717) is 12.2 Å². The first-order valence-electron chi connectivity index (χ1n) is 12.6. The number of nitrogens with zero attached hydrogens (tertiary/aromatic N) is 5. The fourth-order valence-corrected chi connectivity index (χ4v) is 4.57. The van der Waals surface area contributed by atoms with Crippen LogP contribution in [0.15, 0.2) is 72.3 Å². The van der Waals surface area contributed by atoms with Crippen LogP contribution < -0.4 is 21.0 Å². The van der Waals surface area contributed by atoms with Crippen molar-refractivity contribution in [2.45, 2.75) is 0 Å². The monoisotopic (exact) mass is 547 g/mol. The van der Waals surface area contributed by atoms with Gasteiger partial charge in [-0.25, -0.2) is 13.8 Å². The van der Waals surface area contributed by atoms with Crippen molar-refractivity contribution in [1.29, 1.82) is 0 Å². The van der Waals surface area contributed by atoms with Crippen LogP contribution in [-0.4, -0.2) is 69.8 Å². The molecule has 0 radical (unpaired) electrons. The van der Waals surface area contributed by atoms with Crippen LogP contribution in [0, 0.1) is 11.6 Å². The summed E-state index contributed by atoms with van der Waals surface area (Å²) in [6, 6.07) is 10.0. The lowest BCUT2D eigenvalue weighted by Gasteiger charge is -2.35. The molecule has 1 saturated heterocycles. The molecule has 3 heterocycles. The fourth-order valence-electron chi connectivity index (χ4n) is 4.57. The molecule has 2 aromatic heterocycles. The highest BCUT2D eigenvalue weighted by Gasteiger charge is 2.18. The van der Waals surface area contributed by atoms with Gasteiger partial charge in [-0.05, 0) is 42.5 Å². The van der Waals surface area contributed by atoms with Crippen molar-refractivity contribution in [2.75, 3.05) is 54.9 Å². The van der Waals surface area contributed by atoms with Crippen LogP contribution in [0.25, 0.3) is 16.7 Å². The van der Waals surface area contributed by atoms with E-state index in [1.807, 2.05) is 0 Å². The van der Waals surface area contributed by atoms with Gasteiger partial charge in [-0.3, -0.25) is 14.5 Å². The van der Waals surface area contributed by atoms with Gasteiger partial charge in [0.05, 0.1) is 23.4 Å². The summed E-state index contributed by atoms with van der Waals surface area (Å²) in [6.45, 7) is 7.12. The maximum atomic E-state index is 15.1. The number of pyridine rings is 1. The van der Waals surface area contributed by atoms with Crippen LogP contribution in [0.5, 0.6) is 0 Å². The Morgan fingerprint density at radius 1 is 1.07 bits per heavy atom. The van der Waals surface area contributed by atoms with Crippen molar-refractivity contribution in [3.63, 3.8) is 0 Å². The Morgan fingerprint density at radius 3 is 2.60 bits per heavy atom. The molecule has 12 heteroatoms. The summed E-state index contributed by atoms with van der Waals surface area (Å²) in [4.78, 5) is 37.1. The lowest BCUT2D eigenvalue weighted by atomic mass is 10.2. The molecule has 0 atom stereocenters. The van der Waals surface area contributed by atoms with Gasteiger partial charge < -0.3 is 25.2 Å². The van der Waals surface area contributed by atoms with Crippen molar-refractivity contribution >= 4 is 40.0 Å². The molecule has 206 valence electrons. The first kappa shape index (κ1) is 26.9. The first-order valence-corrected chi connectivity index (χ1v) is 12.6. The van der Waals surface area contributed by atoms with Crippen molar-refractivity contribution in [1.82, 2.24) is 19.4 Å². The van der Waals surface area contributed by atoms with Crippen molar-refractivity contribution in [2.24, 2.45) is 0 Å². The van der Waals surface area contributed by atoms with Gasteiger partial charge in [0.2, 0.25) is 11.9 Å². The lowest BCUT2D eigenvalue weighted by Crippen LogP contribution is -2.47. The molecular formula is C28H27F2N7O3. The van der Waals surface area contributed by atoms with E-state index in [1.54, 1.807) is 12.1 Å². The van der Waals surface area contributed by atoms with Gasteiger partial charge >= 0.3 is 0 Å². The van der Waals surface area contributed by atoms with E-state index in [9.17, 15) is 14.0 Å². The van der Waals surface area contributed by atoms with E-state index in [-0.39, 0.29) is 40.4 Å². The highest BCUT2D eigenvalue weighted by molar-refractivity contribution is 5.99. The second-order valence-electron chi connectivity index (χ2n) is 9.21. The maximum absolute atomic E-state index is 15.1. The zero-order valence-corrected chi connectivity index (χ0v) is 21.5. The average Bonchev–Trinajstić information content (AvgIpc) is 2.94. The zero-order chi connectivity index (χ0) is 28.2. The molecule has 4 aromatic rings. The molecule has 10 nitrogen and oxygen atoms in total. The number of piperazine rings is 1. The summed E-state index contributed by atoms with van der Waals surface area (Å²) in [5.74, 6) is -1.59. The number of rotatable bonds is 8. The number of hydrogen-bond donors (Lipinski definition) is 3. The van der Waals surface area contributed by atoms with Crippen LogP contribution in [0.3, 0.4) is 0 Å². The Hall–Kier alpha value is -4.68. The van der Waals surface area contributed by atoms with Gasteiger partial charge in [0, 0.05) is 62.6 Å². The number of nitrogens with one attached hydrogen (secondary N) is 2. The molecule has 1 amide bonds. The summed E-state index contributed by atoms with van der Waals surface area (Å²) >= 11 is 0. The zero-order valence-electron chi connectivity index (χ0n) is 21.5. The standard InChI is InChI=1S/C28H27F2N7O3/c1-2-26(40)32-19-13-18(29)14-21(15-19)37-6-5-25(39)22-17-31-28(34-27(22)37)33-24-4-3-20(16-23(24)30)36-9-7-35(8-10-36)11-12-38/h2-6,13-17,38H,1,7-12H2,(H,32,40)(H,31,33,34). The predicted molar refractivity (Wildman–Crippen MR) is 149 cm³/mol. The number of carbonyl (C=O) groups excluding carboxylic acids is 1. The van der Waals surface area contributed by atoms with Crippen LogP contribution >= 0.6 is 0 Å². The largest absolute Gasteiger partial charge is 0.395 e. The molecular weight excluding hydrogens is 520 g/mol. The van der Waals surface area contributed by atoms with Crippen LogP contribution in [0.2, 0.25) is 0 Å². The lowest BCUT2D eigenvalue weighted by molar-refractivity contribution is -0.111. The fraction of sp³-hybridized carbons (Fsp3) is 0.214. The minimum Gasteiger partial charge on any atom is -0.395 e. The Morgan fingerprint density at radius 2 is 1.88 bits per heavy atom. The normalized spacial score (nSPS) is 13.8. The summed E-state index contributed by atoms with van der Waals surface area (Å²) < 4.78 is 31.0. The number of aromatic nitrogens is 3. The Kier molecular flexibility index (Phi) is 7.80. The Labute approximate surface area is 228 Å². The van der Waals surface area contributed by atoms with E-state index in [0.717, 1.165) is 44.0 Å². The smallest absolute Gasteiger partial charge is 0.247 e. The van der Waals surface area contributed by atoms with Crippen molar-refractivity contribution < 1.29 is 18.7 Å². The molecule has 40 heavy (non-hydrogen) atoms. The molecule has 0 bridgehead atoms. The third kappa shape index (κ3) is 5.82. The van der Waals surface area contributed by atoms with Gasteiger partial charge in [-0.15, -0.1) is 0 Å². The summed E-state index contributed by atoms with van der Waals surface area (Å²) in [5.41, 5.74) is 1.19. The Balaban J connectivity index is 1.43. The number of amides is 1. The summed E-state index contributed by atoms with van der Waals surface area (Å²) in [6.07, 6.45) is 3.82. The summed E-state index contributed by atoms with van der Waals surface area (Å²) in [7, 11) is 0. The number of hydrogen-bond acceptors (Lipinski definition) is 8. The molecule has 1 fully saturated rings. The number of fused-ring (bicyclic) bond motifs is 1. The van der Waals surface area contributed by atoms with E-state index in [1.165, 1.54) is 41.2 Å². The highest BCUT2D eigenvalue weighted by atomic mass is 19.1. The van der Waals surface area contributed by atoms with Crippen molar-refractivity contribution in [3.05, 3.63) is 89.4 Å². The highest BCUT2D eigenvalue weighted by Crippen LogP contribution is 2.26. The van der Waals surface area contributed by atoms with Crippen molar-refractivity contribution in [3.8, 4) is 5.69 Å². The number of halogens is 2. The quantitative estimate of drug-likeness (QED) is 0.289. The third-order valence-electron chi connectivity index (χ3n) is 6.60. The first-order chi connectivity index (χ1) is 19.3. The minimum absolute atomic E-state index is 0.0349. The molecule has 2 aromatic carbocycles. The van der Waals surface area contributed by atoms with E-state index in [2.05, 4.69) is 37.0 Å². The van der Waals surface area contributed by atoms with Gasteiger partial charge in [0.1, 0.15) is 11.6 Å². The topological polar surface area (TPSA) is 116 Å². The molecule has 3 N–H and O–H groups in total. The van der Waals surface area contributed by atoms with E-state index < -0.39 is 17.5 Å². The second kappa shape index (κ2) is 11.6. The molecule has 0 saturated carbocycles. The van der Waals surface area contributed by atoms with E-state index in [4.69, 9.17) is 5.11 Å². The number of aliphatic hydroxyl groups is 1. The molecule has 0 aliphatic carbocycles. The SMILES string of the molecule is C=CC(=O)Nc1cc(F)cc(-n2ccc(=O)c3cnc(Nc4ccc(N5CCN(CCO)CC5)cc4F)nc32)c1. The number of carbonyl (C=O) groups is 1. The third-order valence-corrected chi connectivity index (χ3v) is 6.60. The number of aliphatic hydroxyl groups excluding tert-OH is 1. The van der Waals surface area contributed by atoms with E-state index >= 15 is 4.39 Å². The predicted octanol–water partition coefficient (Wildman–Crippen LogP) is 3.04. The number of anilines is 4. The van der Waals surface area contributed by atoms with Gasteiger partial charge in [-0.1, -0.05) is 6.58 Å². The minimum atomic E-state index is -0.618. The molecule has 1 aliphatic heterocycles. The van der Waals surface area contributed by atoms with Gasteiger partial charge in [-0.2, -0.15) is 4.98 Å².